The van der Waals surface area contributed by atoms with Crippen LogP contribution in [0.25, 0.3) is 0 Å². The normalized spacial score (nSPS) is 17.0. The molecule has 2 aromatic rings. The molecule has 2 N–H and O–H groups in total. The molecular formula is C17H19N3O2S2. The Bertz CT molecular complexity index is 753. The third-order valence-corrected chi connectivity index (χ3v) is 6.41. The largest absolute Gasteiger partial charge is 0.317 e. The highest BCUT2D eigenvalue weighted by Crippen LogP contribution is 2.32. The molecule has 0 saturated heterocycles. The van der Waals surface area contributed by atoms with Gasteiger partial charge < -0.3 is 5.32 Å². The van der Waals surface area contributed by atoms with E-state index in [-0.39, 0.29) is 17.7 Å². The number of anilines is 2. The van der Waals surface area contributed by atoms with Crippen LogP contribution in [0.3, 0.4) is 0 Å². The van der Waals surface area contributed by atoms with E-state index < -0.39 is 0 Å². The SMILES string of the molecule is O=C(Nc1nc2c(s1)CCCCC2)c1ccc(NC(=O)C2CC2)s1. The minimum absolute atomic E-state index is 0.0625. The Morgan fingerprint density at radius 3 is 2.71 bits per heavy atom. The number of fused-ring (bicyclic) bond motifs is 1. The number of thiophene rings is 1. The van der Waals surface area contributed by atoms with Crippen molar-refractivity contribution in [1.29, 1.82) is 0 Å². The summed E-state index contributed by atoms with van der Waals surface area (Å²) in [6.45, 7) is 0. The Balaban J connectivity index is 1.40. The number of amides is 2. The van der Waals surface area contributed by atoms with E-state index in [1.807, 2.05) is 0 Å². The Labute approximate surface area is 148 Å². The van der Waals surface area contributed by atoms with E-state index in [0.717, 1.165) is 36.4 Å². The van der Waals surface area contributed by atoms with Crippen LogP contribution in [0.2, 0.25) is 0 Å². The number of nitrogens with zero attached hydrogens (tertiary/aromatic N) is 1. The minimum Gasteiger partial charge on any atom is -0.317 e. The van der Waals surface area contributed by atoms with Crippen molar-refractivity contribution in [1.82, 2.24) is 4.98 Å². The van der Waals surface area contributed by atoms with E-state index in [9.17, 15) is 9.59 Å². The first-order chi connectivity index (χ1) is 11.7. The van der Waals surface area contributed by atoms with E-state index in [4.69, 9.17) is 0 Å². The maximum absolute atomic E-state index is 12.4. The van der Waals surface area contributed by atoms with Crippen LogP contribution in [0, 0.1) is 5.92 Å². The van der Waals surface area contributed by atoms with Gasteiger partial charge in [-0.2, -0.15) is 0 Å². The number of thiazole rings is 1. The van der Waals surface area contributed by atoms with E-state index in [1.165, 1.54) is 35.5 Å². The number of carbonyl (C=O) groups is 2. The van der Waals surface area contributed by atoms with Crippen molar-refractivity contribution in [3.05, 3.63) is 27.6 Å². The molecule has 0 atom stereocenters. The average Bonchev–Trinajstić information content (AvgIpc) is 3.26. The lowest BCUT2D eigenvalue weighted by atomic mass is 10.2. The summed E-state index contributed by atoms with van der Waals surface area (Å²) in [5, 5.41) is 7.19. The molecule has 2 aliphatic carbocycles. The monoisotopic (exact) mass is 361 g/mol. The molecule has 7 heteroatoms. The van der Waals surface area contributed by atoms with Gasteiger partial charge in [0.05, 0.1) is 15.6 Å². The number of hydrogen-bond acceptors (Lipinski definition) is 5. The molecule has 0 unspecified atom stereocenters. The summed E-state index contributed by atoms with van der Waals surface area (Å²) in [5.41, 5.74) is 1.15. The quantitative estimate of drug-likeness (QED) is 0.806. The summed E-state index contributed by atoms with van der Waals surface area (Å²) in [6.07, 6.45) is 7.67. The lowest BCUT2D eigenvalue weighted by Gasteiger charge is -2.00. The third kappa shape index (κ3) is 3.52. The summed E-state index contributed by atoms with van der Waals surface area (Å²) < 4.78 is 0. The molecule has 1 saturated carbocycles. The topological polar surface area (TPSA) is 71.1 Å². The predicted octanol–water partition coefficient (Wildman–Crippen LogP) is 4.07. The molecule has 2 aliphatic rings. The van der Waals surface area contributed by atoms with Gasteiger partial charge in [-0.25, -0.2) is 4.98 Å². The average molecular weight is 361 g/mol. The van der Waals surface area contributed by atoms with Crippen LogP contribution in [0.5, 0.6) is 0 Å². The van der Waals surface area contributed by atoms with Crippen molar-refractivity contribution >= 4 is 44.6 Å². The predicted molar refractivity (Wildman–Crippen MR) is 97.0 cm³/mol. The molecular weight excluding hydrogens is 342 g/mol. The van der Waals surface area contributed by atoms with Gasteiger partial charge in [-0.05, 0) is 50.7 Å². The molecule has 2 heterocycles. The van der Waals surface area contributed by atoms with Crippen molar-refractivity contribution in [3.63, 3.8) is 0 Å². The maximum Gasteiger partial charge on any atom is 0.267 e. The summed E-state index contributed by atoms with van der Waals surface area (Å²) in [7, 11) is 0. The van der Waals surface area contributed by atoms with Crippen LogP contribution in [0.4, 0.5) is 10.1 Å². The Morgan fingerprint density at radius 2 is 1.88 bits per heavy atom. The number of carbonyl (C=O) groups excluding carboxylic acids is 2. The molecule has 0 radical (unpaired) electrons. The Morgan fingerprint density at radius 1 is 1.04 bits per heavy atom. The summed E-state index contributed by atoms with van der Waals surface area (Å²) in [5.74, 6) is 0.0680. The highest BCUT2D eigenvalue weighted by molar-refractivity contribution is 7.18. The van der Waals surface area contributed by atoms with Crippen molar-refractivity contribution < 1.29 is 9.59 Å². The van der Waals surface area contributed by atoms with Crippen LogP contribution in [0.15, 0.2) is 12.1 Å². The van der Waals surface area contributed by atoms with E-state index >= 15 is 0 Å². The second kappa shape index (κ2) is 6.64. The molecule has 0 spiro atoms. The second-order valence-corrected chi connectivity index (χ2v) is 8.50. The van der Waals surface area contributed by atoms with Gasteiger partial charge in [-0.3, -0.25) is 14.9 Å². The van der Waals surface area contributed by atoms with E-state index in [2.05, 4.69) is 15.6 Å². The second-order valence-electron chi connectivity index (χ2n) is 6.33. The van der Waals surface area contributed by atoms with Crippen LogP contribution < -0.4 is 10.6 Å². The fourth-order valence-electron chi connectivity index (χ4n) is 2.84. The van der Waals surface area contributed by atoms with Gasteiger partial charge in [0.15, 0.2) is 5.13 Å². The number of hydrogen-bond donors (Lipinski definition) is 2. The van der Waals surface area contributed by atoms with Crippen LogP contribution in [0.1, 0.15) is 52.3 Å². The van der Waals surface area contributed by atoms with E-state index in [1.54, 1.807) is 23.5 Å². The first kappa shape index (κ1) is 15.8. The number of aromatic nitrogens is 1. The molecule has 126 valence electrons. The first-order valence-corrected chi connectivity index (χ1v) is 10.0. The molecule has 0 aromatic carbocycles. The molecule has 5 nitrogen and oxygen atoms in total. The lowest BCUT2D eigenvalue weighted by molar-refractivity contribution is -0.117. The molecule has 2 aromatic heterocycles. The van der Waals surface area contributed by atoms with Crippen LogP contribution in [-0.2, 0) is 17.6 Å². The number of aryl methyl sites for hydroxylation is 2. The molecule has 2 amide bonds. The molecule has 24 heavy (non-hydrogen) atoms. The summed E-state index contributed by atoms with van der Waals surface area (Å²) in [4.78, 5) is 30.7. The standard InChI is InChI=1S/C17H19N3O2S2/c21-15(10-6-7-10)19-14-9-8-13(23-14)16(22)20-17-18-11-4-2-1-3-5-12(11)24-17/h8-10H,1-7H2,(H,19,21)(H,18,20,22). The molecule has 4 rings (SSSR count). The molecule has 1 fully saturated rings. The van der Waals surface area contributed by atoms with Gasteiger partial charge in [0.1, 0.15) is 0 Å². The van der Waals surface area contributed by atoms with Crippen molar-refractivity contribution in [2.75, 3.05) is 10.6 Å². The summed E-state index contributed by atoms with van der Waals surface area (Å²) >= 11 is 2.90. The van der Waals surface area contributed by atoms with Gasteiger partial charge in [0.25, 0.3) is 5.91 Å². The fourth-order valence-corrected chi connectivity index (χ4v) is 4.69. The zero-order chi connectivity index (χ0) is 16.5. The molecule has 0 aliphatic heterocycles. The van der Waals surface area contributed by atoms with Gasteiger partial charge in [-0.1, -0.05) is 6.42 Å². The Hall–Kier alpha value is -1.73. The summed E-state index contributed by atoms with van der Waals surface area (Å²) in [6, 6.07) is 3.54. The van der Waals surface area contributed by atoms with Gasteiger partial charge in [-0.15, -0.1) is 22.7 Å². The maximum atomic E-state index is 12.4. The highest BCUT2D eigenvalue weighted by atomic mass is 32.1. The van der Waals surface area contributed by atoms with Gasteiger partial charge in [0, 0.05) is 10.8 Å². The van der Waals surface area contributed by atoms with Gasteiger partial charge >= 0.3 is 0 Å². The smallest absolute Gasteiger partial charge is 0.267 e. The highest BCUT2D eigenvalue weighted by Gasteiger charge is 2.30. The zero-order valence-electron chi connectivity index (χ0n) is 13.3. The number of nitrogens with one attached hydrogen (secondary N) is 2. The van der Waals surface area contributed by atoms with E-state index in [0.29, 0.717) is 10.0 Å². The zero-order valence-corrected chi connectivity index (χ0v) is 14.9. The lowest BCUT2D eigenvalue weighted by Crippen LogP contribution is -2.12. The number of rotatable bonds is 4. The third-order valence-electron chi connectivity index (χ3n) is 4.34. The minimum atomic E-state index is -0.157. The first-order valence-electron chi connectivity index (χ1n) is 8.39. The Kier molecular flexibility index (Phi) is 4.37. The molecule has 0 bridgehead atoms. The van der Waals surface area contributed by atoms with Crippen molar-refractivity contribution in [3.8, 4) is 0 Å². The van der Waals surface area contributed by atoms with Crippen molar-refractivity contribution in [2.24, 2.45) is 5.92 Å². The van der Waals surface area contributed by atoms with Gasteiger partial charge in [0.2, 0.25) is 5.91 Å². The van der Waals surface area contributed by atoms with Crippen LogP contribution in [-0.4, -0.2) is 16.8 Å². The fraction of sp³-hybridized carbons (Fsp3) is 0.471. The van der Waals surface area contributed by atoms with Crippen LogP contribution >= 0.6 is 22.7 Å². The van der Waals surface area contributed by atoms with Crippen molar-refractivity contribution in [2.45, 2.75) is 44.9 Å².